The van der Waals surface area contributed by atoms with E-state index in [2.05, 4.69) is 0 Å². The normalized spacial score (nSPS) is 11.7. The molecule has 0 heterocycles. The van der Waals surface area contributed by atoms with Gasteiger partial charge in [0.25, 0.3) is 0 Å². The molecule has 0 aliphatic heterocycles. The zero-order chi connectivity index (χ0) is 13.5. The molecule has 1 aromatic carbocycles. The van der Waals surface area contributed by atoms with E-state index in [1.54, 1.807) is 6.92 Å². The Bertz CT molecular complexity index is 437. The van der Waals surface area contributed by atoms with Crippen molar-refractivity contribution in [1.82, 2.24) is 5.43 Å². The fourth-order valence-corrected chi connectivity index (χ4v) is 1.42. The molecule has 0 saturated carbocycles. The van der Waals surface area contributed by atoms with E-state index in [1.807, 2.05) is 5.43 Å². The van der Waals surface area contributed by atoms with Gasteiger partial charge in [-0.3, -0.25) is 15.0 Å². The molecule has 0 radical (unpaired) electrons. The van der Waals surface area contributed by atoms with Gasteiger partial charge < -0.3 is 4.74 Å². The summed E-state index contributed by atoms with van der Waals surface area (Å²) in [7, 11) is 0. The number of hydrogen-bond acceptors (Lipinski definition) is 4. The predicted octanol–water partition coefficient (Wildman–Crippen LogP) is 1.18. The summed E-state index contributed by atoms with van der Waals surface area (Å²) in [4.78, 5) is 21.5. The molecule has 1 aromatic rings. The second-order valence-electron chi connectivity index (χ2n) is 3.87. The maximum absolute atomic E-state index is 13.1. The fraction of sp³-hybridized carbons (Fsp3) is 0.333. The van der Waals surface area contributed by atoms with Gasteiger partial charge >= 0.3 is 0 Å². The first-order valence-electron chi connectivity index (χ1n) is 5.47. The Balaban J connectivity index is 2.58. The minimum absolute atomic E-state index is 0.205. The van der Waals surface area contributed by atoms with Gasteiger partial charge in [0.2, 0.25) is 5.91 Å². The van der Waals surface area contributed by atoms with Crippen LogP contribution in [0.3, 0.4) is 0 Å². The highest BCUT2D eigenvalue weighted by atomic mass is 19.1. The lowest BCUT2D eigenvalue weighted by atomic mass is 10.2. The van der Waals surface area contributed by atoms with Crippen LogP contribution in [0.25, 0.3) is 0 Å². The van der Waals surface area contributed by atoms with E-state index in [-0.39, 0.29) is 29.7 Å². The summed E-state index contributed by atoms with van der Waals surface area (Å²) in [6, 6.07) is 3.74. The quantitative estimate of drug-likeness (QED) is 0.345. The number of nitrogens with two attached hydrogens (primary N) is 1. The molecular weight excluding hydrogens is 239 g/mol. The van der Waals surface area contributed by atoms with Crippen LogP contribution in [-0.4, -0.2) is 18.3 Å². The zero-order valence-electron chi connectivity index (χ0n) is 9.98. The molecule has 0 aliphatic carbocycles. The number of nitrogens with one attached hydrogen (secondary N) is 1. The Hall–Kier alpha value is -1.95. The van der Waals surface area contributed by atoms with Crippen molar-refractivity contribution in [2.75, 3.05) is 0 Å². The van der Waals surface area contributed by atoms with Gasteiger partial charge in [-0.05, 0) is 25.5 Å². The van der Waals surface area contributed by atoms with Crippen LogP contribution in [-0.2, 0) is 4.79 Å². The van der Waals surface area contributed by atoms with Gasteiger partial charge in [0.1, 0.15) is 17.9 Å². The van der Waals surface area contributed by atoms with Crippen molar-refractivity contribution in [3.05, 3.63) is 29.6 Å². The maximum Gasteiger partial charge on any atom is 0.234 e. The SMILES string of the molecule is CC(CCC(=O)NN)Oc1cc(F)cc(C=O)c1. The number of hydrogen-bond donors (Lipinski definition) is 2. The highest BCUT2D eigenvalue weighted by molar-refractivity contribution is 5.75. The van der Waals surface area contributed by atoms with Gasteiger partial charge in [-0.25, -0.2) is 10.2 Å². The lowest BCUT2D eigenvalue weighted by Crippen LogP contribution is -2.30. The van der Waals surface area contributed by atoms with Gasteiger partial charge in [0.15, 0.2) is 0 Å². The van der Waals surface area contributed by atoms with Crippen LogP contribution in [0.1, 0.15) is 30.1 Å². The minimum Gasteiger partial charge on any atom is -0.491 e. The van der Waals surface area contributed by atoms with Crippen molar-refractivity contribution in [1.29, 1.82) is 0 Å². The molecule has 98 valence electrons. The number of carbonyl (C=O) groups is 2. The molecular formula is C12H15FN2O3. The molecule has 1 rings (SSSR count). The smallest absolute Gasteiger partial charge is 0.234 e. The van der Waals surface area contributed by atoms with Crippen molar-refractivity contribution in [2.24, 2.45) is 5.84 Å². The fourth-order valence-electron chi connectivity index (χ4n) is 1.42. The van der Waals surface area contributed by atoms with Crippen LogP contribution < -0.4 is 16.0 Å². The average molecular weight is 254 g/mol. The predicted molar refractivity (Wildman–Crippen MR) is 63.4 cm³/mol. The number of rotatable bonds is 6. The number of hydrazine groups is 1. The molecule has 6 heteroatoms. The van der Waals surface area contributed by atoms with Crippen LogP contribution in [0, 0.1) is 5.82 Å². The van der Waals surface area contributed by atoms with Gasteiger partial charge in [-0.2, -0.15) is 0 Å². The van der Waals surface area contributed by atoms with Crippen molar-refractivity contribution >= 4 is 12.2 Å². The third-order valence-electron chi connectivity index (χ3n) is 2.31. The van der Waals surface area contributed by atoms with Crippen LogP contribution in [0.15, 0.2) is 18.2 Å². The molecule has 0 bridgehead atoms. The van der Waals surface area contributed by atoms with E-state index in [4.69, 9.17) is 10.6 Å². The van der Waals surface area contributed by atoms with Crippen molar-refractivity contribution < 1.29 is 18.7 Å². The van der Waals surface area contributed by atoms with Gasteiger partial charge in [-0.1, -0.05) is 0 Å². The monoisotopic (exact) mass is 254 g/mol. The highest BCUT2D eigenvalue weighted by Crippen LogP contribution is 2.18. The zero-order valence-corrected chi connectivity index (χ0v) is 9.98. The molecule has 5 nitrogen and oxygen atoms in total. The molecule has 0 spiro atoms. The van der Waals surface area contributed by atoms with E-state index in [9.17, 15) is 14.0 Å². The average Bonchev–Trinajstić information content (AvgIpc) is 2.35. The van der Waals surface area contributed by atoms with E-state index in [1.165, 1.54) is 12.1 Å². The standard InChI is InChI=1S/C12H15FN2O3/c1-8(2-3-12(17)15-14)18-11-5-9(7-16)4-10(13)6-11/h4-8H,2-3,14H2,1H3,(H,15,17). The molecule has 1 atom stereocenters. The topological polar surface area (TPSA) is 81.4 Å². The largest absolute Gasteiger partial charge is 0.491 e. The van der Waals surface area contributed by atoms with Crippen LogP contribution in [0.4, 0.5) is 4.39 Å². The summed E-state index contributed by atoms with van der Waals surface area (Å²) in [5.41, 5.74) is 2.22. The third kappa shape index (κ3) is 4.50. The summed E-state index contributed by atoms with van der Waals surface area (Å²) in [6.45, 7) is 1.75. The summed E-state index contributed by atoms with van der Waals surface area (Å²) in [5, 5.41) is 0. The lowest BCUT2D eigenvalue weighted by Gasteiger charge is -2.14. The number of carbonyl (C=O) groups excluding carboxylic acids is 2. The summed E-state index contributed by atoms with van der Waals surface area (Å²) in [5.74, 6) is 4.37. The number of aldehydes is 1. The third-order valence-corrected chi connectivity index (χ3v) is 2.31. The van der Waals surface area contributed by atoms with Gasteiger partial charge in [0, 0.05) is 18.1 Å². The Morgan fingerprint density at radius 2 is 2.28 bits per heavy atom. The van der Waals surface area contributed by atoms with E-state index in [0.717, 1.165) is 6.07 Å². The number of halogens is 1. The first-order valence-corrected chi connectivity index (χ1v) is 5.47. The first kappa shape index (κ1) is 14.1. The Morgan fingerprint density at radius 1 is 1.56 bits per heavy atom. The maximum atomic E-state index is 13.1. The van der Waals surface area contributed by atoms with Crippen molar-refractivity contribution in [3.63, 3.8) is 0 Å². The number of amides is 1. The molecule has 0 fully saturated rings. The van der Waals surface area contributed by atoms with E-state index in [0.29, 0.717) is 12.7 Å². The van der Waals surface area contributed by atoms with Crippen LogP contribution in [0.5, 0.6) is 5.75 Å². The second-order valence-corrected chi connectivity index (χ2v) is 3.87. The summed E-state index contributed by atoms with van der Waals surface area (Å²) >= 11 is 0. The first-order chi connectivity index (χ1) is 8.55. The van der Waals surface area contributed by atoms with Crippen molar-refractivity contribution in [2.45, 2.75) is 25.9 Å². The lowest BCUT2D eigenvalue weighted by molar-refractivity contribution is -0.121. The van der Waals surface area contributed by atoms with Crippen LogP contribution in [0.2, 0.25) is 0 Å². The Labute approximate surface area is 104 Å². The molecule has 0 saturated heterocycles. The molecule has 1 amide bonds. The molecule has 1 unspecified atom stereocenters. The van der Waals surface area contributed by atoms with E-state index < -0.39 is 5.82 Å². The minimum atomic E-state index is -0.540. The molecule has 0 aromatic heterocycles. The Morgan fingerprint density at radius 3 is 2.89 bits per heavy atom. The molecule has 3 N–H and O–H groups in total. The number of ether oxygens (including phenoxy) is 1. The summed E-state index contributed by atoms with van der Waals surface area (Å²) in [6.07, 6.45) is 0.912. The molecule has 0 aliphatic rings. The highest BCUT2D eigenvalue weighted by Gasteiger charge is 2.09. The molecule has 18 heavy (non-hydrogen) atoms. The van der Waals surface area contributed by atoms with Crippen molar-refractivity contribution in [3.8, 4) is 5.75 Å². The number of benzene rings is 1. The van der Waals surface area contributed by atoms with Gasteiger partial charge in [0.05, 0.1) is 6.10 Å². The van der Waals surface area contributed by atoms with E-state index >= 15 is 0 Å². The summed E-state index contributed by atoms with van der Waals surface area (Å²) < 4.78 is 18.5. The Kier molecular flexibility index (Phi) is 5.26. The second kappa shape index (κ2) is 6.70. The van der Waals surface area contributed by atoms with Crippen LogP contribution >= 0.6 is 0 Å². The van der Waals surface area contributed by atoms with Gasteiger partial charge in [-0.15, -0.1) is 0 Å².